The van der Waals surface area contributed by atoms with Gasteiger partial charge in [-0.15, -0.1) is 0 Å². The van der Waals surface area contributed by atoms with Gasteiger partial charge in [-0.3, -0.25) is 14.5 Å². The van der Waals surface area contributed by atoms with Crippen molar-refractivity contribution in [3.63, 3.8) is 0 Å². The minimum absolute atomic E-state index is 0.127. The van der Waals surface area contributed by atoms with Crippen molar-refractivity contribution in [1.82, 2.24) is 14.7 Å². The van der Waals surface area contributed by atoms with E-state index in [0.29, 0.717) is 26.2 Å². The van der Waals surface area contributed by atoms with Crippen molar-refractivity contribution in [2.24, 2.45) is 5.41 Å². The number of hydrogen-bond acceptors (Lipinski definition) is 4. The average Bonchev–Trinajstić information content (AvgIpc) is 2.95. The summed E-state index contributed by atoms with van der Waals surface area (Å²) in [4.78, 5) is 31.4. The van der Waals surface area contributed by atoms with Crippen LogP contribution in [0.5, 0.6) is 5.75 Å². The minimum atomic E-state index is -0.336. The second-order valence-corrected chi connectivity index (χ2v) is 7.84. The molecular weight excluding hydrogens is 330 g/mol. The van der Waals surface area contributed by atoms with Crippen molar-refractivity contribution in [3.8, 4) is 5.75 Å². The number of likely N-dealkylation sites (tertiary alicyclic amines) is 2. The molecule has 0 aliphatic carbocycles. The van der Waals surface area contributed by atoms with Crippen LogP contribution in [0.15, 0.2) is 24.3 Å². The molecule has 140 valence electrons. The van der Waals surface area contributed by atoms with E-state index in [2.05, 4.69) is 11.0 Å². The van der Waals surface area contributed by atoms with E-state index in [4.69, 9.17) is 4.74 Å². The molecule has 1 aromatic carbocycles. The van der Waals surface area contributed by atoms with Crippen LogP contribution < -0.4 is 4.74 Å². The summed E-state index contributed by atoms with van der Waals surface area (Å²) in [5.41, 5.74) is 0.789. The highest BCUT2D eigenvalue weighted by molar-refractivity contribution is 5.86. The number of piperidine rings is 1. The van der Waals surface area contributed by atoms with Crippen LogP contribution in [0, 0.1) is 5.41 Å². The summed E-state index contributed by atoms with van der Waals surface area (Å²) >= 11 is 0. The van der Waals surface area contributed by atoms with Crippen molar-refractivity contribution in [1.29, 1.82) is 0 Å². The highest BCUT2D eigenvalue weighted by Crippen LogP contribution is 2.39. The zero-order valence-corrected chi connectivity index (χ0v) is 15.4. The maximum absolute atomic E-state index is 12.9. The Morgan fingerprint density at radius 3 is 2.92 bits per heavy atom. The van der Waals surface area contributed by atoms with Crippen molar-refractivity contribution in [2.45, 2.75) is 25.8 Å². The average molecular weight is 357 g/mol. The lowest BCUT2D eigenvalue weighted by atomic mass is 9.78. The third kappa shape index (κ3) is 3.18. The molecule has 3 aliphatic heterocycles. The minimum Gasteiger partial charge on any atom is -0.492 e. The molecular formula is C20H27N3O3. The number of para-hydroxylation sites is 1. The molecule has 2 fully saturated rings. The van der Waals surface area contributed by atoms with Gasteiger partial charge in [-0.1, -0.05) is 18.2 Å². The molecule has 6 heteroatoms. The molecule has 1 atom stereocenters. The van der Waals surface area contributed by atoms with E-state index in [-0.39, 0.29) is 17.2 Å². The molecule has 3 aliphatic rings. The van der Waals surface area contributed by atoms with Gasteiger partial charge in [0, 0.05) is 45.3 Å². The van der Waals surface area contributed by atoms with E-state index in [0.717, 1.165) is 50.2 Å². The van der Waals surface area contributed by atoms with Crippen molar-refractivity contribution in [2.75, 3.05) is 46.4 Å². The lowest BCUT2D eigenvalue weighted by Gasteiger charge is -2.37. The van der Waals surface area contributed by atoms with Crippen LogP contribution in [0.3, 0.4) is 0 Å². The number of carbonyl (C=O) groups is 2. The quantitative estimate of drug-likeness (QED) is 0.802. The zero-order valence-electron chi connectivity index (χ0n) is 15.4. The summed E-state index contributed by atoms with van der Waals surface area (Å²) in [5, 5.41) is 0. The highest BCUT2D eigenvalue weighted by atomic mass is 16.5. The van der Waals surface area contributed by atoms with Crippen molar-refractivity contribution >= 4 is 11.8 Å². The molecule has 3 heterocycles. The summed E-state index contributed by atoms with van der Waals surface area (Å²) < 4.78 is 5.78. The van der Waals surface area contributed by atoms with E-state index >= 15 is 0 Å². The highest BCUT2D eigenvalue weighted by Gasteiger charge is 2.48. The van der Waals surface area contributed by atoms with Crippen molar-refractivity contribution < 1.29 is 14.3 Å². The number of amides is 2. The van der Waals surface area contributed by atoms with E-state index in [1.54, 1.807) is 0 Å². The first-order valence-electron chi connectivity index (χ1n) is 9.54. The Balaban J connectivity index is 1.39. The Hall–Kier alpha value is -2.08. The summed E-state index contributed by atoms with van der Waals surface area (Å²) in [6, 6.07) is 8.01. The monoisotopic (exact) mass is 357 g/mol. The second-order valence-electron chi connectivity index (χ2n) is 7.84. The first kappa shape index (κ1) is 17.3. The van der Waals surface area contributed by atoms with Crippen LogP contribution in [0.4, 0.5) is 0 Å². The zero-order chi connectivity index (χ0) is 18.1. The van der Waals surface area contributed by atoms with Crippen LogP contribution in [0.2, 0.25) is 0 Å². The van der Waals surface area contributed by atoms with Gasteiger partial charge in [-0.25, -0.2) is 0 Å². The molecule has 2 amide bonds. The van der Waals surface area contributed by atoms with E-state index in [1.807, 2.05) is 35.0 Å². The Morgan fingerprint density at radius 2 is 2.04 bits per heavy atom. The van der Waals surface area contributed by atoms with Gasteiger partial charge in [0.1, 0.15) is 12.4 Å². The molecule has 1 aromatic rings. The number of carbonyl (C=O) groups excluding carboxylic acids is 2. The van der Waals surface area contributed by atoms with E-state index < -0.39 is 0 Å². The Kier molecular flexibility index (Phi) is 4.61. The normalized spacial score (nSPS) is 26.6. The molecule has 4 rings (SSSR count). The van der Waals surface area contributed by atoms with Crippen molar-refractivity contribution in [3.05, 3.63) is 29.8 Å². The number of fused-ring (bicyclic) bond motifs is 1. The number of ether oxygens (including phenoxy) is 1. The van der Waals surface area contributed by atoms with E-state index in [1.165, 1.54) is 0 Å². The number of benzene rings is 1. The maximum Gasteiger partial charge on any atom is 0.236 e. The predicted octanol–water partition coefficient (Wildman–Crippen LogP) is 1.35. The standard InChI is InChI=1S/C20H27N3O3/c1-21-9-4-7-20(19(21)25)8-10-23(15-20)18(24)14-22-11-12-26-17-6-3-2-5-16(17)13-22/h2-3,5-6H,4,7-15H2,1H3/t20-/m1/s1. The van der Waals surface area contributed by atoms with Gasteiger partial charge in [0.25, 0.3) is 0 Å². The number of rotatable bonds is 2. The summed E-state index contributed by atoms with van der Waals surface area (Å²) in [5.74, 6) is 1.26. The first-order valence-corrected chi connectivity index (χ1v) is 9.54. The fraction of sp³-hybridized carbons (Fsp3) is 0.600. The Morgan fingerprint density at radius 1 is 1.19 bits per heavy atom. The van der Waals surface area contributed by atoms with Gasteiger partial charge in [-0.2, -0.15) is 0 Å². The molecule has 26 heavy (non-hydrogen) atoms. The molecule has 0 N–H and O–H groups in total. The fourth-order valence-electron chi connectivity index (χ4n) is 4.54. The molecule has 0 unspecified atom stereocenters. The molecule has 0 bridgehead atoms. The van der Waals surface area contributed by atoms with Gasteiger partial charge in [0.05, 0.1) is 12.0 Å². The predicted molar refractivity (Wildman–Crippen MR) is 97.7 cm³/mol. The third-order valence-electron chi connectivity index (χ3n) is 6.05. The summed E-state index contributed by atoms with van der Waals surface area (Å²) in [6.07, 6.45) is 2.74. The van der Waals surface area contributed by atoms with E-state index in [9.17, 15) is 9.59 Å². The Labute approximate surface area is 154 Å². The van der Waals surface area contributed by atoms with Crippen LogP contribution in [-0.2, 0) is 16.1 Å². The maximum atomic E-state index is 12.9. The lowest BCUT2D eigenvalue weighted by molar-refractivity contribution is -0.144. The lowest BCUT2D eigenvalue weighted by Crippen LogP contribution is -2.49. The van der Waals surface area contributed by atoms with Gasteiger partial charge >= 0.3 is 0 Å². The Bertz CT molecular complexity index is 707. The van der Waals surface area contributed by atoms with Gasteiger partial charge in [-0.05, 0) is 25.3 Å². The molecule has 1 spiro atoms. The molecule has 0 aromatic heterocycles. The SMILES string of the molecule is CN1CCC[C@]2(CCN(C(=O)CN3CCOc4ccccc4C3)C2)C1=O. The molecule has 0 saturated carbocycles. The fourth-order valence-corrected chi connectivity index (χ4v) is 4.54. The van der Waals surface area contributed by atoms with Gasteiger partial charge in [0.2, 0.25) is 11.8 Å². The van der Waals surface area contributed by atoms with Crippen LogP contribution in [-0.4, -0.2) is 72.9 Å². The van der Waals surface area contributed by atoms with Crippen LogP contribution in [0.25, 0.3) is 0 Å². The second kappa shape index (κ2) is 6.91. The smallest absolute Gasteiger partial charge is 0.236 e. The van der Waals surface area contributed by atoms with Crippen LogP contribution >= 0.6 is 0 Å². The third-order valence-corrected chi connectivity index (χ3v) is 6.05. The number of nitrogens with zero attached hydrogens (tertiary/aromatic N) is 3. The molecule has 2 saturated heterocycles. The summed E-state index contributed by atoms with van der Waals surface area (Å²) in [7, 11) is 1.88. The largest absolute Gasteiger partial charge is 0.492 e. The van der Waals surface area contributed by atoms with Gasteiger partial charge < -0.3 is 14.5 Å². The molecule has 6 nitrogen and oxygen atoms in total. The number of hydrogen-bond donors (Lipinski definition) is 0. The first-order chi connectivity index (χ1) is 12.6. The topological polar surface area (TPSA) is 53.1 Å². The molecule has 0 radical (unpaired) electrons. The van der Waals surface area contributed by atoms with Gasteiger partial charge in [0.15, 0.2) is 0 Å². The summed E-state index contributed by atoms with van der Waals surface area (Å²) in [6.45, 7) is 4.55. The van der Waals surface area contributed by atoms with Crippen LogP contribution in [0.1, 0.15) is 24.8 Å².